The Balaban J connectivity index is 1.43. The topological polar surface area (TPSA) is 67.9 Å². The summed E-state index contributed by atoms with van der Waals surface area (Å²) in [5.74, 6) is 1.14. The number of nitrogens with one attached hydrogen (secondary N) is 1. The Kier molecular flexibility index (Phi) is 8.32. The van der Waals surface area contributed by atoms with Crippen LogP contribution in [0, 0.1) is 0 Å². The van der Waals surface area contributed by atoms with Crippen LogP contribution in [0.5, 0.6) is 11.5 Å². The van der Waals surface area contributed by atoms with E-state index < -0.39 is 6.04 Å². The van der Waals surface area contributed by atoms with Crippen LogP contribution >= 0.6 is 11.8 Å². The number of para-hydroxylation sites is 1. The number of thioether (sulfide) groups is 1. The molecule has 0 bridgehead atoms. The van der Waals surface area contributed by atoms with Crippen LogP contribution < -0.4 is 14.8 Å². The molecule has 1 heterocycles. The van der Waals surface area contributed by atoms with Crippen molar-refractivity contribution in [2.45, 2.75) is 29.9 Å². The molecule has 1 saturated heterocycles. The molecule has 0 aromatic heterocycles. The van der Waals surface area contributed by atoms with Crippen LogP contribution in [0.25, 0.3) is 0 Å². The number of benzene rings is 3. The maximum atomic E-state index is 13.6. The molecule has 2 amide bonds. The highest BCUT2D eigenvalue weighted by Gasteiger charge is 2.31. The first-order valence-electron chi connectivity index (χ1n) is 11.7. The van der Waals surface area contributed by atoms with Gasteiger partial charge in [0, 0.05) is 36.4 Å². The minimum Gasteiger partial charge on any atom is -0.497 e. The summed E-state index contributed by atoms with van der Waals surface area (Å²) in [5, 5.41) is 2.95. The zero-order valence-electron chi connectivity index (χ0n) is 20.0. The molecule has 1 aliphatic rings. The van der Waals surface area contributed by atoms with Gasteiger partial charge in [0.1, 0.15) is 23.6 Å². The van der Waals surface area contributed by atoms with Gasteiger partial charge >= 0.3 is 0 Å². The van der Waals surface area contributed by atoms with Crippen LogP contribution in [-0.4, -0.2) is 49.3 Å². The Hall–Kier alpha value is -3.45. The monoisotopic (exact) mass is 490 g/mol. The van der Waals surface area contributed by atoms with E-state index in [9.17, 15) is 9.59 Å². The van der Waals surface area contributed by atoms with E-state index in [0.29, 0.717) is 24.4 Å². The molecule has 7 heteroatoms. The summed E-state index contributed by atoms with van der Waals surface area (Å²) in [6.45, 7) is 1.15. The van der Waals surface area contributed by atoms with Crippen molar-refractivity contribution in [3.8, 4) is 11.5 Å². The quantitative estimate of drug-likeness (QED) is 0.452. The van der Waals surface area contributed by atoms with Gasteiger partial charge < -0.3 is 19.7 Å². The van der Waals surface area contributed by atoms with Crippen molar-refractivity contribution in [2.24, 2.45) is 0 Å². The number of likely N-dealkylation sites (tertiary alicyclic amines) is 1. The fourth-order valence-corrected chi connectivity index (χ4v) is 4.69. The molecule has 1 N–H and O–H groups in total. The number of nitrogens with zero attached hydrogens (tertiary/aromatic N) is 1. The number of carbonyl (C=O) groups is 2. The predicted molar refractivity (Wildman–Crippen MR) is 138 cm³/mol. The van der Waals surface area contributed by atoms with E-state index in [1.807, 2.05) is 59.7 Å². The van der Waals surface area contributed by atoms with E-state index in [1.165, 1.54) is 0 Å². The summed E-state index contributed by atoms with van der Waals surface area (Å²) < 4.78 is 11.4. The van der Waals surface area contributed by atoms with Gasteiger partial charge in [-0.05, 0) is 48.2 Å². The third-order valence-corrected chi connectivity index (χ3v) is 6.90. The molecule has 3 aromatic carbocycles. The van der Waals surface area contributed by atoms with Crippen molar-refractivity contribution in [3.63, 3.8) is 0 Å². The molecule has 0 aliphatic carbocycles. The second-order valence-electron chi connectivity index (χ2n) is 8.34. The molecular formula is C28H30N2O4S. The van der Waals surface area contributed by atoms with Crippen LogP contribution in [0.15, 0.2) is 83.8 Å². The number of hydrogen-bond donors (Lipinski definition) is 1. The van der Waals surface area contributed by atoms with Gasteiger partial charge in [-0.1, -0.05) is 42.5 Å². The largest absolute Gasteiger partial charge is 0.497 e. The first-order valence-corrected chi connectivity index (χ1v) is 12.9. The lowest BCUT2D eigenvalue weighted by Gasteiger charge is -2.34. The minimum atomic E-state index is -0.763. The van der Waals surface area contributed by atoms with E-state index in [1.54, 1.807) is 43.1 Å². The van der Waals surface area contributed by atoms with E-state index in [4.69, 9.17) is 9.47 Å². The minimum absolute atomic E-state index is 0.0522. The van der Waals surface area contributed by atoms with Crippen molar-refractivity contribution in [2.75, 3.05) is 26.5 Å². The summed E-state index contributed by atoms with van der Waals surface area (Å²) in [6.07, 6.45) is 3.56. The highest BCUT2D eigenvalue weighted by molar-refractivity contribution is 7.98. The zero-order chi connectivity index (χ0) is 24.6. The Labute approximate surface area is 210 Å². The first-order chi connectivity index (χ1) is 17.1. The number of piperidine rings is 1. The fourth-order valence-electron chi connectivity index (χ4n) is 4.16. The lowest BCUT2D eigenvalue weighted by molar-refractivity contribution is -0.135. The second kappa shape index (κ2) is 11.8. The smallest absolute Gasteiger partial charge is 0.252 e. The summed E-state index contributed by atoms with van der Waals surface area (Å²) in [5.41, 5.74) is 1.23. The Bertz CT molecular complexity index is 1130. The lowest BCUT2D eigenvalue weighted by atomic mass is 10.0. The van der Waals surface area contributed by atoms with Gasteiger partial charge in [0.05, 0.1) is 7.11 Å². The summed E-state index contributed by atoms with van der Waals surface area (Å²) in [7, 11) is 1.58. The SMILES string of the molecule is COc1ccc(C(=O)NC(C(=O)N2CCC(Oc3ccccc3SC)CC2)c2ccccc2)cc1. The molecule has 1 unspecified atom stereocenters. The Morgan fingerprint density at radius 1 is 0.943 bits per heavy atom. The number of rotatable bonds is 8. The molecule has 1 fully saturated rings. The number of carbonyl (C=O) groups excluding carboxylic acids is 2. The van der Waals surface area contributed by atoms with Gasteiger partial charge in [-0.3, -0.25) is 9.59 Å². The lowest BCUT2D eigenvalue weighted by Crippen LogP contribution is -2.47. The van der Waals surface area contributed by atoms with Crippen LogP contribution in [-0.2, 0) is 4.79 Å². The summed E-state index contributed by atoms with van der Waals surface area (Å²) >= 11 is 1.66. The molecule has 1 atom stereocenters. The molecule has 1 aliphatic heterocycles. The zero-order valence-corrected chi connectivity index (χ0v) is 20.8. The maximum absolute atomic E-state index is 13.6. The van der Waals surface area contributed by atoms with E-state index in [2.05, 4.69) is 11.4 Å². The van der Waals surface area contributed by atoms with Crippen LogP contribution in [0.1, 0.15) is 34.8 Å². The van der Waals surface area contributed by atoms with Crippen molar-refractivity contribution in [3.05, 3.63) is 90.0 Å². The molecule has 4 rings (SSSR count). The summed E-state index contributed by atoms with van der Waals surface area (Å²) in [6, 6.07) is 23.5. The highest BCUT2D eigenvalue weighted by Crippen LogP contribution is 2.30. The van der Waals surface area contributed by atoms with Gasteiger partial charge in [0.2, 0.25) is 5.91 Å². The van der Waals surface area contributed by atoms with Gasteiger partial charge in [-0.25, -0.2) is 0 Å². The molecule has 182 valence electrons. The highest BCUT2D eigenvalue weighted by atomic mass is 32.2. The molecule has 0 spiro atoms. The van der Waals surface area contributed by atoms with E-state index >= 15 is 0 Å². The number of ether oxygens (including phenoxy) is 2. The molecular weight excluding hydrogens is 460 g/mol. The van der Waals surface area contributed by atoms with Gasteiger partial charge in [-0.2, -0.15) is 0 Å². The predicted octanol–water partition coefficient (Wildman–Crippen LogP) is 4.96. The van der Waals surface area contributed by atoms with Crippen molar-refractivity contribution in [1.82, 2.24) is 10.2 Å². The van der Waals surface area contributed by atoms with E-state index in [0.717, 1.165) is 29.1 Å². The number of hydrogen-bond acceptors (Lipinski definition) is 5. The fraction of sp³-hybridized carbons (Fsp3) is 0.286. The Morgan fingerprint density at radius 3 is 2.26 bits per heavy atom. The molecule has 6 nitrogen and oxygen atoms in total. The maximum Gasteiger partial charge on any atom is 0.252 e. The third-order valence-electron chi connectivity index (χ3n) is 6.12. The summed E-state index contributed by atoms with van der Waals surface area (Å²) in [4.78, 5) is 29.5. The molecule has 3 aromatic rings. The Morgan fingerprint density at radius 2 is 1.60 bits per heavy atom. The molecule has 0 radical (unpaired) electrons. The average molecular weight is 491 g/mol. The molecule has 35 heavy (non-hydrogen) atoms. The van der Waals surface area contributed by atoms with E-state index in [-0.39, 0.29) is 17.9 Å². The van der Waals surface area contributed by atoms with Crippen molar-refractivity contribution < 1.29 is 19.1 Å². The van der Waals surface area contributed by atoms with Crippen molar-refractivity contribution >= 4 is 23.6 Å². The van der Waals surface area contributed by atoms with Crippen LogP contribution in [0.3, 0.4) is 0 Å². The normalized spacial score (nSPS) is 14.7. The van der Waals surface area contributed by atoms with Gasteiger partial charge in [0.15, 0.2) is 0 Å². The number of methoxy groups -OCH3 is 1. The van der Waals surface area contributed by atoms with Gasteiger partial charge in [0.25, 0.3) is 5.91 Å². The van der Waals surface area contributed by atoms with Crippen LogP contribution in [0.4, 0.5) is 0 Å². The standard InChI is InChI=1S/C28H30N2O4S/c1-33-22-14-12-21(13-15-22)27(31)29-26(20-8-4-3-5-9-20)28(32)30-18-16-23(17-19-30)34-24-10-6-7-11-25(24)35-2/h3-15,23,26H,16-19H2,1-2H3,(H,29,31). The number of amides is 2. The van der Waals surface area contributed by atoms with Crippen molar-refractivity contribution in [1.29, 1.82) is 0 Å². The average Bonchev–Trinajstić information content (AvgIpc) is 2.92. The third kappa shape index (κ3) is 6.17. The molecule has 0 saturated carbocycles. The van der Waals surface area contributed by atoms with Crippen LogP contribution in [0.2, 0.25) is 0 Å². The first kappa shape index (κ1) is 24.7. The van der Waals surface area contributed by atoms with Gasteiger partial charge in [-0.15, -0.1) is 11.8 Å². The second-order valence-corrected chi connectivity index (χ2v) is 9.19.